The predicted molar refractivity (Wildman–Crippen MR) is 122 cm³/mol. The van der Waals surface area contributed by atoms with Gasteiger partial charge in [0.25, 0.3) is 0 Å². The molecule has 4 N–H and O–H groups in total. The van der Waals surface area contributed by atoms with E-state index in [-0.39, 0.29) is 5.95 Å². The summed E-state index contributed by atoms with van der Waals surface area (Å²) in [6.07, 6.45) is 0. The number of benzene rings is 2. The zero-order valence-corrected chi connectivity index (χ0v) is 18.1. The summed E-state index contributed by atoms with van der Waals surface area (Å²) >= 11 is 6.13. The number of aromatic nitrogens is 3. The standard InChI is InChI=1S/C22H26ClN7/c1-15-6-7-19(16(2)12-15)25-22-27-20(26-21(24)28-22)14-29-8-10-30(11-9-29)18-5-3-4-17(23)13-18/h3-7,12-13H,8-11,14H2,1-2H3,(H3,24,25,26,27,28)/p+1. The quantitative estimate of drug-likeness (QED) is 0.583. The van der Waals surface area contributed by atoms with Crippen LogP contribution in [0.3, 0.4) is 0 Å². The molecule has 3 aromatic rings. The molecule has 4 rings (SSSR count). The van der Waals surface area contributed by atoms with Crippen molar-refractivity contribution in [3.8, 4) is 0 Å². The first-order valence-electron chi connectivity index (χ1n) is 10.1. The van der Waals surface area contributed by atoms with Crippen LogP contribution in [0.1, 0.15) is 17.0 Å². The van der Waals surface area contributed by atoms with Crippen LogP contribution in [0, 0.1) is 13.8 Å². The Hall–Kier alpha value is -2.90. The molecule has 156 valence electrons. The summed E-state index contributed by atoms with van der Waals surface area (Å²) in [5.41, 5.74) is 10.5. The van der Waals surface area contributed by atoms with Crippen molar-refractivity contribution in [1.82, 2.24) is 15.0 Å². The van der Waals surface area contributed by atoms with E-state index in [1.54, 1.807) is 0 Å². The van der Waals surface area contributed by atoms with E-state index in [4.69, 9.17) is 17.3 Å². The van der Waals surface area contributed by atoms with Crippen molar-refractivity contribution in [2.75, 3.05) is 42.1 Å². The first-order valence-corrected chi connectivity index (χ1v) is 10.5. The monoisotopic (exact) mass is 424 g/mol. The van der Waals surface area contributed by atoms with Crippen LogP contribution in [-0.4, -0.2) is 41.1 Å². The van der Waals surface area contributed by atoms with Gasteiger partial charge in [-0.05, 0) is 43.7 Å². The molecule has 0 spiro atoms. The minimum atomic E-state index is 0.240. The average molecular weight is 425 g/mol. The van der Waals surface area contributed by atoms with Gasteiger partial charge < -0.3 is 20.9 Å². The van der Waals surface area contributed by atoms with Crippen LogP contribution in [0.25, 0.3) is 0 Å². The maximum absolute atomic E-state index is 6.13. The van der Waals surface area contributed by atoms with E-state index in [1.165, 1.54) is 16.2 Å². The lowest BCUT2D eigenvalue weighted by molar-refractivity contribution is -0.915. The number of hydrogen-bond acceptors (Lipinski definition) is 6. The van der Waals surface area contributed by atoms with Gasteiger partial charge in [-0.25, -0.2) is 0 Å². The van der Waals surface area contributed by atoms with Crippen LogP contribution in [0.4, 0.5) is 23.3 Å². The Morgan fingerprint density at radius 3 is 2.60 bits per heavy atom. The molecule has 1 aromatic heterocycles. The fraction of sp³-hybridized carbons (Fsp3) is 0.318. The number of rotatable bonds is 5. The smallest absolute Gasteiger partial charge is 0.232 e. The molecule has 1 fully saturated rings. The second-order valence-corrected chi connectivity index (χ2v) is 8.21. The Morgan fingerprint density at radius 1 is 1.07 bits per heavy atom. The van der Waals surface area contributed by atoms with Crippen molar-refractivity contribution in [2.45, 2.75) is 20.4 Å². The molecule has 0 amide bonds. The molecular formula is C22H27ClN7+. The van der Waals surface area contributed by atoms with E-state index >= 15 is 0 Å². The van der Waals surface area contributed by atoms with E-state index in [0.717, 1.165) is 49.0 Å². The summed E-state index contributed by atoms with van der Waals surface area (Å²) in [7, 11) is 0. The molecule has 0 bridgehead atoms. The molecule has 0 saturated carbocycles. The molecule has 1 aliphatic heterocycles. The van der Waals surface area contributed by atoms with E-state index in [1.807, 2.05) is 24.3 Å². The van der Waals surface area contributed by atoms with Gasteiger partial charge in [0.1, 0.15) is 6.54 Å². The average Bonchev–Trinajstić information content (AvgIpc) is 2.70. The van der Waals surface area contributed by atoms with Gasteiger partial charge in [0.2, 0.25) is 11.9 Å². The van der Waals surface area contributed by atoms with Crippen molar-refractivity contribution >= 4 is 34.9 Å². The summed E-state index contributed by atoms with van der Waals surface area (Å²) in [6.45, 7) is 8.77. The van der Waals surface area contributed by atoms with Gasteiger partial charge in [-0.2, -0.15) is 15.0 Å². The second-order valence-electron chi connectivity index (χ2n) is 7.77. The first-order chi connectivity index (χ1) is 14.5. The third-order valence-electron chi connectivity index (χ3n) is 5.38. The van der Waals surface area contributed by atoms with Crippen LogP contribution < -0.4 is 20.9 Å². The zero-order valence-electron chi connectivity index (χ0n) is 17.3. The molecule has 2 heterocycles. The Bertz CT molecular complexity index is 1030. The summed E-state index contributed by atoms with van der Waals surface area (Å²) in [6, 6.07) is 14.2. The highest BCUT2D eigenvalue weighted by atomic mass is 35.5. The molecular weight excluding hydrogens is 398 g/mol. The van der Waals surface area contributed by atoms with Crippen molar-refractivity contribution in [3.05, 3.63) is 64.4 Å². The van der Waals surface area contributed by atoms with E-state index in [2.05, 4.69) is 57.2 Å². The van der Waals surface area contributed by atoms with Crippen molar-refractivity contribution in [2.24, 2.45) is 0 Å². The summed E-state index contributed by atoms with van der Waals surface area (Å²) in [5, 5.41) is 4.05. The van der Waals surface area contributed by atoms with Crippen molar-refractivity contribution in [1.29, 1.82) is 0 Å². The van der Waals surface area contributed by atoms with Crippen molar-refractivity contribution < 1.29 is 4.90 Å². The zero-order chi connectivity index (χ0) is 21.1. The fourth-order valence-electron chi connectivity index (χ4n) is 3.80. The van der Waals surface area contributed by atoms with Gasteiger partial charge in [-0.1, -0.05) is 35.4 Å². The minimum absolute atomic E-state index is 0.240. The third-order valence-corrected chi connectivity index (χ3v) is 5.61. The first kappa shape index (κ1) is 20.4. The van der Waals surface area contributed by atoms with Gasteiger partial charge in [0.15, 0.2) is 5.82 Å². The lowest BCUT2D eigenvalue weighted by Crippen LogP contribution is -3.13. The van der Waals surface area contributed by atoms with E-state index < -0.39 is 0 Å². The van der Waals surface area contributed by atoms with Gasteiger partial charge >= 0.3 is 0 Å². The predicted octanol–water partition coefficient (Wildman–Crippen LogP) is 2.37. The molecule has 7 nitrogen and oxygen atoms in total. The number of aryl methyl sites for hydroxylation is 2. The second kappa shape index (κ2) is 8.85. The fourth-order valence-corrected chi connectivity index (χ4v) is 3.99. The number of nitrogens with two attached hydrogens (primary N) is 1. The molecule has 0 unspecified atom stereocenters. The van der Waals surface area contributed by atoms with Crippen LogP contribution in [0.15, 0.2) is 42.5 Å². The summed E-state index contributed by atoms with van der Waals surface area (Å²) in [4.78, 5) is 17.0. The maximum Gasteiger partial charge on any atom is 0.232 e. The van der Waals surface area contributed by atoms with Crippen molar-refractivity contribution in [3.63, 3.8) is 0 Å². The molecule has 1 saturated heterocycles. The van der Waals surface area contributed by atoms with Gasteiger partial charge in [-0.3, -0.25) is 0 Å². The number of halogens is 1. The van der Waals surface area contributed by atoms with Crippen LogP contribution in [0.2, 0.25) is 5.02 Å². The molecule has 0 aliphatic carbocycles. The topological polar surface area (TPSA) is 84.4 Å². The Kier molecular flexibility index (Phi) is 6.01. The van der Waals surface area contributed by atoms with Crippen LogP contribution in [-0.2, 0) is 6.54 Å². The number of nitrogens with one attached hydrogen (secondary N) is 2. The van der Waals surface area contributed by atoms with Gasteiger partial charge in [0, 0.05) is 16.4 Å². The highest BCUT2D eigenvalue weighted by molar-refractivity contribution is 6.30. The molecule has 0 atom stereocenters. The normalized spacial score (nSPS) is 14.7. The summed E-state index contributed by atoms with van der Waals surface area (Å²) < 4.78 is 0. The maximum atomic E-state index is 6.13. The van der Waals surface area contributed by atoms with Gasteiger partial charge in [0.05, 0.1) is 26.2 Å². The summed E-state index contributed by atoms with van der Waals surface area (Å²) in [5.74, 6) is 1.44. The largest absolute Gasteiger partial charge is 0.368 e. The molecule has 1 aliphatic rings. The lowest BCUT2D eigenvalue weighted by atomic mass is 10.1. The Morgan fingerprint density at radius 2 is 1.87 bits per heavy atom. The number of nitrogens with zero attached hydrogens (tertiary/aromatic N) is 4. The van der Waals surface area contributed by atoms with E-state index in [9.17, 15) is 0 Å². The number of anilines is 4. The van der Waals surface area contributed by atoms with Crippen LogP contribution >= 0.6 is 11.6 Å². The third kappa shape index (κ3) is 4.98. The highest BCUT2D eigenvalue weighted by Gasteiger charge is 2.22. The lowest BCUT2D eigenvalue weighted by Gasteiger charge is -2.33. The number of hydrogen-bond donors (Lipinski definition) is 3. The Labute approximate surface area is 181 Å². The highest BCUT2D eigenvalue weighted by Crippen LogP contribution is 2.20. The molecule has 2 aromatic carbocycles. The Balaban J connectivity index is 1.40. The SMILES string of the molecule is Cc1ccc(Nc2nc(N)nc(C[NH+]3CCN(c4cccc(Cl)c4)CC3)n2)c(C)c1. The number of quaternary nitrogens is 1. The van der Waals surface area contributed by atoms with Crippen LogP contribution in [0.5, 0.6) is 0 Å². The van der Waals surface area contributed by atoms with Gasteiger partial charge in [-0.15, -0.1) is 0 Å². The van der Waals surface area contributed by atoms with E-state index in [0.29, 0.717) is 11.8 Å². The number of piperazine rings is 1. The molecule has 0 radical (unpaired) electrons. The molecule has 8 heteroatoms. The minimum Gasteiger partial charge on any atom is -0.368 e. The number of nitrogen functional groups attached to an aromatic ring is 1. The molecule has 30 heavy (non-hydrogen) atoms.